The SMILES string of the molecule is N#C[C@@H]1C(=N)C(C#N)(C#N)[C@H](c2ccncc2)[C@H]2CC3(CC=C12)OCCO3. The van der Waals surface area contributed by atoms with Gasteiger partial charge in [-0.1, -0.05) is 6.08 Å². The zero-order valence-corrected chi connectivity index (χ0v) is 14.6. The van der Waals surface area contributed by atoms with Crippen LogP contribution >= 0.6 is 0 Å². The van der Waals surface area contributed by atoms with Gasteiger partial charge >= 0.3 is 0 Å². The van der Waals surface area contributed by atoms with Crippen LogP contribution in [0, 0.1) is 56.7 Å². The van der Waals surface area contributed by atoms with Gasteiger partial charge in [0.2, 0.25) is 0 Å². The Kier molecular flexibility index (Phi) is 4.04. The van der Waals surface area contributed by atoms with Crippen molar-refractivity contribution in [3.8, 4) is 18.2 Å². The summed E-state index contributed by atoms with van der Waals surface area (Å²) in [4.78, 5) is 4.03. The summed E-state index contributed by atoms with van der Waals surface area (Å²) in [6.45, 7) is 0.990. The van der Waals surface area contributed by atoms with Crippen molar-refractivity contribution in [1.29, 1.82) is 21.2 Å². The maximum Gasteiger partial charge on any atom is 0.189 e. The summed E-state index contributed by atoms with van der Waals surface area (Å²) in [6, 6.07) is 9.82. The smallest absolute Gasteiger partial charge is 0.189 e. The number of hydrogen-bond donors (Lipinski definition) is 1. The number of rotatable bonds is 1. The van der Waals surface area contributed by atoms with Gasteiger partial charge in [-0.05, 0) is 29.2 Å². The van der Waals surface area contributed by atoms with Crippen molar-refractivity contribution < 1.29 is 9.47 Å². The van der Waals surface area contributed by atoms with Gasteiger partial charge in [0.25, 0.3) is 0 Å². The van der Waals surface area contributed by atoms with Crippen molar-refractivity contribution in [3.63, 3.8) is 0 Å². The Balaban J connectivity index is 1.92. The molecule has 134 valence electrons. The lowest BCUT2D eigenvalue weighted by molar-refractivity contribution is -0.171. The van der Waals surface area contributed by atoms with E-state index in [2.05, 4.69) is 23.2 Å². The molecule has 1 N–H and O–H groups in total. The van der Waals surface area contributed by atoms with Gasteiger partial charge in [0.15, 0.2) is 11.2 Å². The molecule has 0 aromatic carbocycles. The summed E-state index contributed by atoms with van der Waals surface area (Å²) in [6.07, 6.45) is 6.08. The molecule has 0 amide bonds. The van der Waals surface area contributed by atoms with Gasteiger partial charge in [-0.3, -0.25) is 4.98 Å². The first-order chi connectivity index (χ1) is 13.1. The Labute approximate surface area is 157 Å². The van der Waals surface area contributed by atoms with E-state index in [1.165, 1.54) is 0 Å². The first-order valence-electron chi connectivity index (χ1n) is 8.79. The molecule has 2 aliphatic carbocycles. The Morgan fingerprint density at radius 1 is 1.11 bits per heavy atom. The van der Waals surface area contributed by atoms with Gasteiger partial charge in [0.05, 0.1) is 37.1 Å². The van der Waals surface area contributed by atoms with E-state index >= 15 is 0 Å². The molecule has 0 bridgehead atoms. The zero-order valence-electron chi connectivity index (χ0n) is 14.6. The van der Waals surface area contributed by atoms with Crippen molar-refractivity contribution in [2.75, 3.05) is 13.2 Å². The largest absolute Gasteiger partial charge is 0.347 e. The molecule has 7 heteroatoms. The second-order valence-electron chi connectivity index (χ2n) is 7.09. The summed E-state index contributed by atoms with van der Waals surface area (Å²) < 4.78 is 11.7. The predicted octanol–water partition coefficient (Wildman–Crippen LogP) is 2.45. The second kappa shape index (κ2) is 6.28. The Morgan fingerprint density at radius 3 is 2.37 bits per heavy atom. The van der Waals surface area contributed by atoms with Crippen LogP contribution in [0.5, 0.6) is 0 Å². The lowest BCUT2D eigenvalue weighted by atomic mass is 9.52. The fourth-order valence-electron chi connectivity index (χ4n) is 4.68. The number of hydrogen-bond acceptors (Lipinski definition) is 7. The third-order valence-corrected chi connectivity index (χ3v) is 5.88. The second-order valence-corrected chi connectivity index (χ2v) is 7.09. The monoisotopic (exact) mass is 359 g/mol. The van der Waals surface area contributed by atoms with Crippen LogP contribution in [-0.2, 0) is 9.47 Å². The summed E-state index contributed by atoms with van der Waals surface area (Å²) in [5.74, 6) is -2.57. The normalized spacial score (nSPS) is 30.5. The van der Waals surface area contributed by atoms with Crippen molar-refractivity contribution in [2.45, 2.75) is 24.5 Å². The van der Waals surface area contributed by atoms with Crippen LogP contribution in [-0.4, -0.2) is 29.7 Å². The highest BCUT2D eigenvalue weighted by atomic mass is 16.7. The standard InChI is InChI=1S/C20H17N5O2/c21-10-16-14-1-4-20(26-7-8-27-20)9-15(14)17(13-2-5-25-6-3-13)19(11-22,12-23)18(16)24/h1-3,5-6,15-17,24H,4,7-9H2/t15-,16-,17+/m0/s1. The van der Waals surface area contributed by atoms with E-state index in [4.69, 9.17) is 14.9 Å². The summed E-state index contributed by atoms with van der Waals surface area (Å²) in [5, 5.41) is 38.3. The highest BCUT2D eigenvalue weighted by Crippen LogP contribution is 2.57. The first kappa shape index (κ1) is 17.4. The molecule has 3 aliphatic rings. The van der Waals surface area contributed by atoms with Crippen LogP contribution in [0.1, 0.15) is 24.3 Å². The Hall–Kier alpha value is -3.05. The molecule has 7 nitrogen and oxygen atoms in total. The molecular formula is C20H17N5O2. The average Bonchev–Trinajstić information content (AvgIpc) is 3.16. The number of ether oxygens (including phenoxy) is 2. The zero-order chi connectivity index (χ0) is 19.1. The number of fused-ring (bicyclic) bond motifs is 1. The van der Waals surface area contributed by atoms with E-state index in [0.717, 1.165) is 11.1 Å². The molecule has 1 saturated carbocycles. The van der Waals surface area contributed by atoms with Gasteiger partial charge in [-0.2, -0.15) is 15.8 Å². The molecule has 4 rings (SSSR count). The van der Waals surface area contributed by atoms with Crippen molar-refractivity contribution in [3.05, 3.63) is 41.7 Å². The van der Waals surface area contributed by atoms with Crippen LogP contribution in [0.3, 0.4) is 0 Å². The quantitative estimate of drug-likeness (QED) is 0.767. The molecule has 1 aromatic rings. The molecule has 27 heavy (non-hydrogen) atoms. The van der Waals surface area contributed by atoms with E-state index in [9.17, 15) is 15.8 Å². The van der Waals surface area contributed by atoms with Crippen LogP contribution in [0.25, 0.3) is 0 Å². The number of nitrogens with zero attached hydrogens (tertiary/aromatic N) is 4. The molecule has 0 radical (unpaired) electrons. The highest BCUT2D eigenvalue weighted by molar-refractivity contribution is 6.00. The van der Waals surface area contributed by atoms with Gasteiger partial charge in [-0.25, -0.2) is 0 Å². The summed E-state index contributed by atoms with van der Waals surface area (Å²) >= 11 is 0. The molecule has 1 spiro atoms. The molecule has 0 unspecified atom stereocenters. The lowest BCUT2D eigenvalue weighted by Gasteiger charge is -2.48. The fraction of sp³-hybridized carbons (Fsp3) is 0.450. The fourth-order valence-corrected chi connectivity index (χ4v) is 4.68. The van der Waals surface area contributed by atoms with Gasteiger partial charge in [-0.15, -0.1) is 0 Å². The van der Waals surface area contributed by atoms with Crippen molar-refractivity contribution in [1.82, 2.24) is 4.98 Å². The number of nitriles is 3. The minimum atomic E-state index is -1.72. The van der Waals surface area contributed by atoms with Crippen LogP contribution < -0.4 is 0 Å². The molecular weight excluding hydrogens is 342 g/mol. The van der Waals surface area contributed by atoms with Crippen LogP contribution in [0.4, 0.5) is 0 Å². The van der Waals surface area contributed by atoms with Crippen LogP contribution in [0.15, 0.2) is 36.2 Å². The summed E-state index contributed by atoms with van der Waals surface area (Å²) in [5.41, 5.74) is -0.333. The molecule has 1 aliphatic heterocycles. The van der Waals surface area contributed by atoms with Gasteiger partial charge in [0, 0.05) is 31.2 Å². The van der Waals surface area contributed by atoms with E-state index in [1.54, 1.807) is 24.5 Å². The predicted molar refractivity (Wildman–Crippen MR) is 92.9 cm³/mol. The van der Waals surface area contributed by atoms with E-state index < -0.39 is 23.0 Å². The maximum atomic E-state index is 9.98. The molecule has 2 heterocycles. The Bertz CT molecular complexity index is 914. The number of allylic oxidation sites excluding steroid dienone is 1. The van der Waals surface area contributed by atoms with Crippen molar-refractivity contribution in [2.24, 2.45) is 17.3 Å². The van der Waals surface area contributed by atoms with Gasteiger partial charge < -0.3 is 14.9 Å². The third kappa shape index (κ3) is 2.39. The number of nitrogens with one attached hydrogen (secondary N) is 1. The summed E-state index contributed by atoms with van der Waals surface area (Å²) in [7, 11) is 0. The minimum absolute atomic E-state index is 0.150. The maximum absolute atomic E-state index is 9.98. The van der Waals surface area contributed by atoms with Gasteiger partial charge in [0.1, 0.15) is 5.92 Å². The Morgan fingerprint density at radius 2 is 1.78 bits per heavy atom. The van der Waals surface area contributed by atoms with E-state index in [-0.39, 0.29) is 11.6 Å². The number of pyridine rings is 1. The molecule has 2 fully saturated rings. The minimum Gasteiger partial charge on any atom is -0.347 e. The van der Waals surface area contributed by atoms with Crippen LogP contribution in [0.2, 0.25) is 0 Å². The lowest BCUT2D eigenvalue weighted by Crippen LogP contribution is -2.52. The highest BCUT2D eigenvalue weighted by Gasteiger charge is 2.60. The number of aromatic nitrogens is 1. The van der Waals surface area contributed by atoms with E-state index in [1.807, 2.05) is 6.08 Å². The molecule has 3 atom stereocenters. The van der Waals surface area contributed by atoms with Crippen molar-refractivity contribution >= 4 is 5.71 Å². The first-order valence-corrected chi connectivity index (χ1v) is 8.79. The van der Waals surface area contributed by atoms with E-state index in [0.29, 0.717) is 26.1 Å². The molecule has 1 aromatic heterocycles. The topological polar surface area (TPSA) is 127 Å². The third-order valence-electron chi connectivity index (χ3n) is 5.88. The molecule has 1 saturated heterocycles. The average molecular weight is 359 g/mol.